The first kappa shape index (κ1) is 15.3. The highest BCUT2D eigenvalue weighted by Crippen LogP contribution is 2.38. The number of carbonyl (C=O) groups is 2. The third-order valence-electron chi connectivity index (χ3n) is 4.25. The summed E-state index contributed by atoms with van der Waals surface area (Å²) in [7, 11) is 1.48. The van der Waals surface area contributed by atoms with Crippen molar-refractivity contribution in [1.82, 2.24) is 0 Å². The topological polar surface area (TPSA) is 102 Å². The van der Waals surface area contributed by atoms with Crippen LogP contribution < -0.4 is 15.8 Å². The number of hydrogen-bond acceptors (Lipinski definition) is 4. The second kappa shape index (κ2) is 5.73. The number of hydrogen-bond donors (Lipinski definition) is 3. The lowest BCUT2D eigenvalue weighted by Crippen LogP contribution is -2.44. The number of carbonyl (C=O) groups excluding carboxylic acids is 1. The van der Waals surface area contributed by atoms with E-state index in [-0.39, 0.29) is 23.2 Å². The molecule has 2 rings (SSSR count). The van der Waals surface area contributed by atoms with E-state index in [1.165, 1.54) is 19.2 Å². The number of ether oxygens (including phenoxy) is 1. The summed E-state index contributed by atoms with van der Waals surface area (Å²) in [6.07, 6.45) is 2.40. The molecule has 0 aromatic heterocycles. The van der Waals surface area contributed by atoms with Crippen LogP contribution in [0.5, 0.6) is 5.75 Å². The van der Waals surface area contributed by atoms with E-state index in [9.17, 15) is 14.7 Å². The van der Waals surface area contributed by atoms with E-state index in [0.29, 0.717) is 12.2 Å². The van der Waals surface area contributed by atoms with E-state index in [1.807, 2.05) is 6.92 Å². The standard InChI is InChI=1S/C15H20N2O4/c1-15(7-3-4-12(15)16)14(20)17-11-8-9(21-2)5-6-10(11)13(18)19/h5-6,8,12H,3-4,7,16H2,1-2H3,(H,17,20)(H,18,19). The van der Waals surface area contributed by atoms with Gasteiger partial charge in [0.05, 0.1) is 23.8 Å². The van der Waals surface area contributed by atoms with Crippen molar-refractivity contribution in [1.29, 1.82) is 0 Å². The first-order valence-electron chi connectivity index (χ1n) is 6.87. The molecule has 2 atom stereocenters. The van der Waals surface area contributed by atoms with Gasteiger partial charge in [0.1, 0.15) is 5.75 Å². The van der Waals surface area contributed by atoms with Gasteiger partial charge in [0.15, 0.2) is 0 Å². The van der Waals surface area contributed by atoms with Crippen LogP contribution in [0.2, 0.25) is 0 Å². The lowest BCUT2D eigenvalue weighted by atomic mass is 9.84. The van der Waals surface area contributed by atoms with Crippen molar-refractivity contribution in [2.45, 2.75) is 32.2 Å². The molecule has 1 fully saturated rings. The molecule has 6 heteroatoms. The molecule has 114 valence electrons. The molecule has 6 nitrogen and oxygen atoms in total. The van der Waals surface area contributed by atoms with Gasteiger partial charge >= 0.3 is 5.97 Å². The fourth-order valence-electron chi connectivity index (χ4n) is 2.68. The van der Waals surface area contributed by atoms with Gasteiger partial charge in [-0.05, 0) is 31.9 Å². The Hall–Kier alpha value is -2.08. The van der Waals surface area contributed by atoms with E-state index in [1.54, 1.807) is 6.07 Å². The summed E-state index contributed by atoms with van der Waals surface area (Å²) in [5.41, 5.74) is 5.61. The Morgan fingerprint density at radius 3 is 2.71 bits per heavy atom. The molecule has 0 aliphatic heterocycles. The number of carboxylic acids is 1. The summed E-state index contributed by atoms with van der Waals surface area (Å²) < 4.78 is 5.07. The van der Waals surface area contributed by atoms with Gasteiger partial charge < -0.3 is 20.9 Å². The SMILES string of the molecule is COc1ccc(C(=O)O)c(NC(=O)C2(C)CCCC2N)c1. The van der Waals surface area contributed by atoms with Gasteiger partial charge in [0.25, 0.3) is 0 Å². The average Bonchev–Trinajstić information content (AvgIpc) is 2.79. The van der Waals surface area contributed by atoms with Crippen LogP contribution >= 0.6 is 0 Å². The number of rotatable bonds is 4. The Labute approximate surface area is 123 Å². The number of amides is 1. The molecular formula is C15H20N2O4. The molecule has 1 aliphatic rings. The molecule has 1 saturated carbocycles. The third kappa shape index (κ3) is 2.85. The van der Waals surface area contributed by atoms with Crippen LogP contribution in [0, 0.1) is 5.41 Å². The van der Waals surface area contributed by atoms with Gasteiger partial charge in [-0.2, -0.15) is 0 Å². The number of nitrogens with one attached hydrogen (secondary N) is 1. The minimum atomic E-state index is -1.10. The van der Waals surface area contributed by atoms with Gasteiger partial charge in [-0.1, -0.05) is 6.42 Å². The van der Waals surface area contributed by atoms with Gasteiger partial charge in [0, 0.05) is 12.1 Å². The smallest absolute Gasteiger partial charge is 0.337 e. The maximum absolute atomic E-state index is 12.5. The second-order valence-corrected chi connectivity index (χ2v) is 5.59. The van der Waals surface area contributed by atoms with E-state index < -0.39 is 11.4 Å². The summed E-state index contributed by atoms with van der Waals surface area (Å²) in [5.74, 6) is -0.867. The lowest BCUT2D eigenvalue weighted by Gasteiger charge is -2.27. The molecule has 1 amide bonds. The zero-order valence-corrected chi connectivity index (χ0v) is 12.2. The molecule has 21 heavy (non-hydrogen) atoms. The van der Waals surface area contributed by atoms with Crippen molar-refractivity contribution in [3.05, 3.63) is 23.8 Å². The fraction of sp³-hybridized carbons (Fsp3) is 0.467. The highest BCUT2D eigenvalue weighted by atomic mass is 16.5. The average molecular weight is 292 g/mol. The number of methoxy groups -OCH3 is 1. The monoisotopic (exact) mass is 292 g/mol. The van der Waals surface area contributed by atoms with Crippen molar-refractivity contribution < 1.29 is 19.4 Å². The van der Waals surface area contributed by atoms with Crippen molar-refractivity contribution in [2.75, 3.05) is 12.4 Å². The van der Waals surface area contributed by atoms with Gasteiger partial charge in [-0.3, -0.25) is 4.79 Å². The third-order valence-corrected chi connectivity index (χ3v) is 4.25. The fourth-order valence-corrected chi connectivity index (χ4v) is 2.68. The molecule has 0 spiro atoms. The van der Waals surface area contributed by atoms with Gasteiger partial charge in [0.2, 0.25) is 5.91 Å². The molecule has 4 N–H and O–H groups in total. The van der Waals surface area contributed by atoms with E-state index in [0.717, 1.165) is 12.8 Å². The number of aromatic carboxylic acids is 1. The van der Waals surface area contributed by atoms with Crippen molar-refractivity contribution in [3.8, 4) is 5.75 Å². The minimum Gasteiger partial charge on any atom is -0.497 e. The number of anilines is 1. The Balaban J connectivity index is 2.30. The Morgan fingerprint density at radius 1 is 1.48 bits per heavy atom. The Morgan fingerprint density at radius 2 is 2.19 bits per heavy atom. The molecular weight excluding hydrogens is 272 g/mol. The second-order valence-electron chi connectivity index (χ2n) is 5.59. The molecule has 0 bridgehead atoms. The first-order chi connectivity index (χ1) is 9.88. The molecule has 2 unspecified atom stereocenters. The van der Waals surface area contributed by atoms with Crippen LogP contribution in [0.3, 0.4) is 0 Å². The van der Waals surface area contributed by atoms with Crippen molar-refractivity contribution in [2.24, 2.45) is 11.1 Å². The summed E-state index contributed by atoms with van der Waals surface area (Å²) in [6, 6.07) is 4.25. The van der Waals surface area contributed by atoms with Crippen LogP contribution in [-0.4, -0.2) is 30.1 Å². The largest absolute Gasteiger partial charge is 0.497 e. The summed E-state index contributed by atoms with van der Waals surface area (Å²) in [5, 5.41) is 11.9. The molecule has 0 radical (unpaired) electrons. The number of nitrogens with two attached hydrogens (primary N) is 1. The highest BCUT2D eigenvalue weighted by molar-refractivity contribution is 6.02. The van der Waals surface area contributed by atoms with E-state index in [2.05, 4.69) is 5.32 Å². The lowest BCUT2D eigenvalue weighted by molar-refractivity contribution is -0.125. The molecule has 1 aromatic rings. The molecule has 1 aliphatic carbocycles. The van der Waals surface area contributed by atoms with Crippen LogP contribution in [0.15, 0.2) is 18.2 Å². The maximum atomic E-state index is 12.5. The van der Waals surface area contributed by atoms with Crippen LogP contribution in [0.1, 0.15) is 36.5 Å². The summed E-state index contributed by atoms with van der Waals surface area (Å²) in [4.78, 5) is 23.7. The predicted molar refractivity (Wildman–Crippen MR) is 78.5 cm³/mol. The molecule has 1 aromatic carbocycles. The number of carboxylic acid groups (broad SMARTS) is 1. The Bertz CT molecular complexity index is 573. The van der Waals surface area contributed by atoms with Crippen LogP contribution in [0.25, 0.3) is 0 Å². The first-order valence-corrected chi connectivity index (χ1v) is 6.87. The highest BCUT2D eigenvalue weighted by Gasteiger charge is 2.43. The van der Waals surface area contributed by atoms with Crippen molar-refractivity contribution >= 4 is 17.6 Å². The van der Waals surface area contributed by atoms with Crippen LogP contribution in [-0.2, 0) is 4.79 Å². The van der Waals surface area contributed by atoms with Crippen LogP contribution in [0.4, 0.5) is 5.69 Å². The van der Waals surface area contributed by atoms with Gasteiger partial charge in [-0.25, -0.2) is 4.79 Å². The molecule has 0 saturated heterocycles. The van der Waals surface area contributed by atoms with Crippen molar-refractivity contribution in [3.63, 3.8) is 0 Å². The van der Waals surface area contributed by atoms with Gasteiger partial charge in [-0.15, -0.1) is 0 Å². The Kier molecular flexibility index (Phi) is 4.18. The minimum absolute atomic E-state index is 0.0271. The van der Waals surface area contributed by atoms with E-state index >= 15 is 0 Å². The zero-order valence-electron chi connectivity index (χ0n) is 12.2. The predicted octanol–water partition coefficient (Wildman–Crippen LogP) is 1.85. The zero-order chi connectivity index (χ0) is 15.6. The quantitative estimate of drug-likeness (QED) is 0.786. The summed E-state index contributed by atoms with van der Waals surface area (Å²) >= 11 is 0. The maximum Gasteiger partial charge on any atom is 0.337 e. The molecule has 0 heterocycles. The normalized spacial score (nSPS) is 24.6. The van der Waals surface area contributed by atoms with E-state index in [4.69, 9.17) is 10.5 Å². The number of benzene rings is 1. The summed E-state index contributed by atoms with van der Waals surface area (Å²) in [6.45, 7) is 1.82.